The first kappa shape index (κ1) is 16.1. The monoisotopic (exact) mass is 388 g/mol. The number of phenols is 1. The number of anilines is 1. The van der Waals surface area contributed by atoms with E-state index in [1.165, 1.54) is 24.3 Å². The number of aromatic hydroxyl groups is 1. The first-order valence-corrected chi connectivity index (χ1v) is 7.78. The van der Waals surface area contributed by atoms with Crippen molar-refractivity contribution in [1.29, 1.82) is 0 Å². The standard InChI is InChI=1S/C17H13BrN2O4/c1-24-15-9-10(2-7-14(15)21)8-13-16(22)19-20(17(13)23)12-5-3-11(18)4-6-12/h2-9,21H,1H3,(H,19,22)/b13-8+. The third-order valence-corrected chi connectivity index (χ3v) is 4.02. The molecular formula is C17H13BrN2O4. The van der Waals surface area contributed by atoms with Crippen molar-refractivity contribution in [2.24, 2.45) is 0 Å². The Balaban J connectivity index is 1.93. The summed E-state index contributed by atoms with van der Waals surface area (Å²) in [7, 11) is 1.43. The van der Waals surface area contributed by atoms with Crippen LogP contribution >= 0.6 is 15.9 Å². The molecule has 0 atom stereocenters. The minimum atomic E-state index is -0.491. The van der Waals surface area contributed by atoms with Gasteiger partial charge >= 0.3 is 0 Å². The van der Waals surface area contributed by atoms with Gasteiger partial charge in [0.1, 0.15) is 5.57 Å². The van der Waals surface area contributed by atoms with Crippen molar-refractivity contribution in [3.8, 4) is 11.5 Å². The van der Waals surface area contributed by atoms with Gasteiger partial charge in [0.05, 0.1) is 12.8 Å². The molecule has 1 saturated heterocycles. The summed E-state index contributed by atoms with van der Waals surface area (Å²) in [6.45, 7) is 0. The van der Waals surface area contributed by atoms with Crippen molar-refractivity contribution in [2.75, 3.05) is 12.1 Å². The minimum Gasteiger partial charge on any atom is -0.504 e. The summed E-state index contributed by atoms with van der Waals surface area (Å²) in [4.78, 5) is 24.6. The number of hydrazine groups is 1. The molecule has 3 rings (SSSR count). The molecular weight excluding hydrogens is 376 g/mol. The average molecular weight is 389 g/mol. The molecule has 1 fully saturated rings. The molecule has 2 amide bonds. The fraction of sp³-hybridized carbons (Fsp3) is 0.0588. The van der Waals surface area contributed by atoms with Crippen LogP contribution in [0.3, 0.4) is 0 Å². The lowest BCUT2D eigenvalue weighted by Crippen LogP contribution is -2.35. The first-order valence-electron chi connectivity index (χ1n) is 6.99. The number of ether oxygens (including phenoxy) is 1. The zero-order valence-corrected chi connectivity index (χ0v) is 14.2. The van der Waals surface area contributed by atoms with Crippen LogP contribution in [0.4, 0.5) is 5.69 Å². The van der Waals surface area contributed by atoms with Crippen LogP contribution in [0.2, 0.25) is 0 Å². The molecule has 7 heteroatoms. The largest absolute Gasteiger partial charge is 0.504 e. The first-order chi connectivity index (χ1) is 11.5. The Labute approximate surface area is 146 Å². The lowest BCUT2D eigenvalue weighted by Gasteiger charge is -2.14. The molecule has 1 aliphatic rings. The smallest absolute Gasteiger partial charge is 0.282 e. The lowest BCUT2D eigenvalue weighted by atomic mass is 10.1. The minimum absolute atomic E-state index is 0.00524. The molecule has 0 radical (unpaired) electrons. The van der Waals surface area contributed by atoms with E-state index in [1.807, 2.05) is 0 Å². The number of carbonyl (C=O) groups excluding carboxylic acids is 2. The van der Waals surface area contributed by atoms with Crippen LogP contribution in [0.1, 0.15) is 5.56 Å². The number of hydrogen-bond acceptors (Lipinski definition) is 4. The van der Waals surface area contributed by atoms with E-state index in [2.05, 4.69) is 21.4 Å². The lowest BCUT2D eigenvalue weighted by molar-refractivity contribution is -0.117. The highest BCUT2D eigenvalue weighted by Gasteiger charge is 2.34. The number of methoxy groups -OCH3 is 1. The van der Waals surface area contributed by atoms with Gasteiger partial charge in [-0.3, -0.25) is 15.0 Å². The van der Waals surface area contributed by atoms with Crippen molar-refractivity contribution >= 4 is 39.5 Å². The predicted octanol–water partition coefficient (Wildman–Crippen LogP) is 2.62. The molecule has 24 heavy (non-hydrogen) atoms. The summed E-state index contributed by atoms with van der Waals surface area (Å²) >= 11 is 3.32. The maximum absolute atomic E-state index is 12.5. The SMILES string of the molecule is COc1cc(/C=C2\C(=O)NN(c3ccc(Br)cc3)C2=O)ccc1O. The van der Waals surface area contributed by atoms with Crippen LogP contribution in [0.25, 0.3) is 6.08 Å². The Bertz CT molecular complexity index is 846. The van der Waals surface area contributed by atoms with Gasteiger partial charge in [-0.1, -0.05) is 22.0 Å². The van der Waals surface area contributed by atoms with Gasteiger partial charge in [0.2, 0.25) is 0 Å². The summed E-state index contributed by atoms with van der Waals surface area (Å²) in [5.74, 6) is -0.692. The average Bonchev–Trinajstić information content (AvgIpc) is 2.85. The second-order valence-corrected chi connectivity index (χ2v) is 5.96. The van der Waals surface area contributed by atoms with Crippen molar-refractivity contribution < 1.29 is 19.4 Å². The summed E-state index contributed by atoms with van der Waals surface area (Å²) in [5.41, 5.74) is 3.66. The van der Waals surface area contributed by atoms with Gasteiger partial charge in [0, 0.05) is 4.47 Å². The summed E-state index contributed by atoms with van der Waals surface area (Å²) in [6.07, 6.45) is 1.46. The number of hydrogen-bond donors (Lipinski definition) is 2. The zero-order valence-electron chi connectivity index (χ0n) is 12.6. The molecule has 0 unspecified atom stereocenters. The highest BCUT2D eigenvalue weighted by Crippen LogP contribution is 2.28. The summed E-state index contributed by atoms with van der Waals surface area (Å²) in [5, 5.41) is 10.8. The second-order valence-electron chi connectivity index (χ2n) is 5.05. The Morgan fingerprint density at radius 1 is 1.17 bits per heavy atom. The van der Waals surface area contributed by atoms with Crippen LogP contribution in [-0.2, 0) is 9.59 Å². The molecule has 0 saturated carbocycles. The van der Waals surface area contributed by atoms with Crippen LogP contribution in [0, 0.1) is 0 Å². The summed E-state index contributed by atoms with van der Waals surface area (Å²) < 4.78 is 5.90. The maximum Gasteiger partial charge on any atom is 0.282 e. The quantitative estimate of drug-likeness (QED) is 0.625. The maximum atomic E-state index is 12.5. The van der Waals surface area contributed by atoms with Crippen LogP contribution < -0.4 is 15.2 Å². The number of nitrogens with one attached hydrogen (secondary N) is 1. The molecule has 0 aliphatic carbocycles. The van der Waals surface area contributed by atoms with Gasteiger partial charge in [-0.05, 0) is 48.0 Å². The van der Waals surface area contributed by atoms with Crippen molar-refractivity contribution in [3.05, 3.63) is 58.1 Å². The van der Waals surface area contributed by atoms with Crippen molar-refractivity contribution in [1.82, 2.24) is 5.43 Å². The molecule has 2 N–H and O–H groups in total. The zero-order chi connectivity index (χ0) is 17.3. The highest BCUT2D eigenvalue weighted by molar-refractivity contribution is 9.10. The molecule has 1 heterocycles. The molecule has 0 aromatic heterocycles. The van der Waals surface area contributed by atoms with E-state index < -0.39 is 11.8 Å². The predicted molar refractivity (Wildman–Crippen MR) is 92.4 cm³/mol. The van der Waals surface area contributed by atoms with Crippen molar-refractivity contribution in [2.45, 2.75) is 0 Å². The van der Waals surface area contributed by atoms with Gasteiger partial charge in [0.25, 0.3) is 11.8 Å². The molecule has 1 aliphatic heterocycles. The highest BCUT2D eigenvalue weighted by atomic mass is 79.9. The number of nitrogens with zero attached hydrogens (tertiary/aromatic N) is 1. The van der Waals surface area contributed by atoms with Crippen LogP contribution in [0.5, 0.6) is 11.5 Å². The molecule has 0 spiro atoms. The Hall–Kier alpha value is -2.80. The van der Waals surface area contributed by atoms with Gasteiger partial charge in [-0.2, -0.15) is 0 Å². The number of carbonyl (C=O) groups is 2. The number of halogens is 1. The summed E-state index contributed by atoms with van der Waals surface area (Å²) in [6, 6.07) is 11.6. The van der Waals surface area contributed by atoms with Crippen LogP contribution in [0.15, 0.2) is 52.5 Å². The third kappa shape index (κ3) is 2.98. The van der Waals surface area contributed by atoms with E-state index in [4.69, 9.17) is 4.74 Å². The van der Waals surface area contributed by atoms with Crippen LogP contribution in [-0.4, -0.2) is 24.0 Å². The Morgan fingerprint density at radius 2 is 1.88 bits per heavy atom. The second kappa shape index (κ2) is 6.37. The fourth-order valence-electron chi connectivity index (χ4n) is 2.28. The van der Waals surface area contributed by atoms with Crippen molar-refractivity contribution in [3.63, 3.8) is 0 Å². The normalized spacial score (nSPS) is 15.8. The third-order valence-electron chi connectivity index (χ3n) is 3.49. The topological polar surface area (TPSA) is 78.9 Å². The van der Waals surface area contributed by atoms with E-state index in [-0.39, 0.29) is 17.1 Å². The van der Waals surface area contributed by atoms with E-state index in [0.717, 1.165) is 4.47 Å². The van der Waals surface area contributed by atoms with Gasteiger partial charge in [-0.25, -0.2) is 5.01 Å². The number of phenolic OH excluding ortho intramolecular Hbond substituents is 1. The Kier molecular flexibility index (Phi) is 4.26. The van der Waals surface area contributed by atoms with E-state index in [9.17, 15) is 14.7 Å². The number of benzene rings is 2. The Morgan fingerprint density at radius 3 is 2.54 bits per heavy atom. The van der Waals surface area contributed by atoms with E-state index in [0.29, 0.717) is 11.3 Å². The molecule has 6 nitrogen and oxygen atoms in total. The number of rotatable bonds is 3. The number of amides is 2. The molecule has 122 valence electrons. The molecule has 2 aromatic rings. The van der Waals surface area contributed by atoms with Gasteiger partial charge in [-0.15, -0.1) is 0 Å². The molecule has 2 aromatic carbocycles. The van der Waals surface area contributed by atoms with Gasteiger partial charge in [0.15, 0.2) is 11.5 Å². The molecule has 0 bridgehead atoms. The van der Waals surface area contributed by atoms with Gasteiger partial charge < -0.3 is 9.84 Å². The van der Waals surface area contributed by atoms with E-state index in [1.54, 1.807) is 36.4 Å². The van der Waals surface area contributed by atoms with E-state index >= 15 is 0 Å². The fourth-order valence-corrected chi connectivity index (χ4v) is 2.54.